The molecule has 1 aliphatic carbocycles. The number of para-hydroxylation sites is 1. The Morgan fingerprint density at radius 3 is 2.48 bits per heavy atom. The van der Waals surface area contributed by atoms with Crippen LogP contribution in [-0.4, -0.2) is 73.9 Å². The number of carbonyl (C=O) groups is 5. The molecule has 14 nitrogen and oxygen atoms in total. The lowest BCUT2D eigenvalue weighted by Gasteiger charge is -2.28. The molecular weight excluding hydrogens is 618 g/mol. The molecule has 4 atom stereocenters. The third-order valence-electron chi connectivity index (χ3n) is 7.52. The van der Waals surface area contributed by atoms with E-state index in [1.807, 2.05) is 12.2 Å². The molecule has 1 saturated carbocycles. The van der Waals surface area contributed by atoms with E-state index in [9.17, 15) is 32.4 Å². The molecule has 0 bridgehead atoms. The summed E-state index contributed by atoms with van der Waals surface area (Å²) >= 11 is 0. The van der Waals surface area contributed by atoms with Crippen LogP contribution in [0.4, 0.5) is 4.79 Å². The summed E-state index contributed by atoms with van der Waals surface area (Å²) in [6, 6.07) is 4.11. The molecule has 1 saturated heterocycles. The molecule has 0 unspecified atom stereocenters. The number of likely N-dealkylation sites (tertiary alicyclic amines) is 1. The van der Waals surface area contributed by atoms with E-state index in [1.54, 1.807) is 20.8 Å². The van der Waals surface area contributed by atoms with Crippen LogP contribution in [0, 0.1) is 11.8 Å². The third-order valence-corrected chi connectivity index (χ3v) is 8.91. The number of primary amides is 2. The third kappa shape index (κ3) is 11.0. The predicted molar refractivity (Wildman–Crippen MR) is 167 cm³/mol. The van der Waals surface area contributed by atoms with Crippen molar-refractivity contribution in [3.63, 3.8) is 0 Å². The molecule has 254 valence electrons. The number of nitrogens with one attached hydrogen (secondary N) is 2. The quantitative estimate of drug-likeness (QED) is 0.150. The fourth-order valence-electron chi connectivity index (χ4n) is 5.22. The fourth-order valence-corrected chi connectivity index (χ4v) is 6.40. The summed E-state index contributed by atoms with van der Waals surface area (Å²) in [6.45, 7) is 5.07. The molecule has 15 heteroatoms. The summed E-state index contributed by atoms with van der Waals surface area (Å²) in [5.41, 5.74) is 9.82. The highest BCUT2D eigenvalue weighted by Crippen LogP contribution is 2.40. The molecule has 6 N–H and O–H groups in total. The largest absolute Gasteiger partial charge is 0.482 e. The minimum Gasteiger partial charge on any atom is -0.482 e. The lowest BCUT2D eigenvalue weighted by Crippen LogP contribution is -2.53. The minimum atomic E-state index is -4.23. The topological polar surface area (TPSA) is 217 Å². The maximum Gasteiger partial charge on any atom is 0.408 e. The Balaban J connectivity index is 1.45. The summed E-state index contributed by atoms with van der Waals surface area (Å²) in [5, 5.41) is 2.67. The standard InChI is InChI=1S/C31H45N5O9S/c1-31(2,3)45-30(41)34-22(29(40)36-17-11-14-23(36)27(33)38)13-8-6-4-5-7-12-20-18-21(20)28(39)35-46(42,43)25-16-10-9-15-24(25)44-19-26(32)37/h7,9-10,12,15-16,20-23H,4-6,8,11,13-14,17-19H2,1-3H3,(H2,32,37)(H2,33,38)(H,34,41)(H,35,39)/b12-7-/t20-,21+,22+,23+/m1/s1. The van der Waals surface area contributed by atoms with Gasteiger partial charge in [-0.3, -0.25) is 19.2 Å². The van der Waals surface area contributed by atoms with Crippen LogP contribution in [0.5, 0.6) is 5.75 Å². The van der Waals surface area contributed by atoms with Gasteiger partial charge in [0.05, 0.1) is 0 Å². The Bertz CT molecular complexity index is 1420. The maximum atomic E-state index is 13.3. The van der Waals surface area contributed by atoms with Gasteiger partial charge in [0.2, 0.25) is 17.7 Å². The van der Waals surface area contributed by atoms with Gasteiger partial charge in [0, 0.05) is 12.5 Å². The molecule has 5 amide bonds. The first kappa shape index (κ1) is 36.3. The van der Waals surface area contributed by atoms with Crippen molar-refractivity contribution in [1.82, 2.24) is 14.9 Å². The Morgan fingerprint density at radius 2 is 1.80 bits per heavy atom. The average Bonchev–Trinajstić information content (AvgIpc) is 3.56. The number of alkyl carbamates (subject to hydrolysis) is 1. The van der Waals surface area contributed by atoms with E-state index in [1.165, 1.54) is 29.2 Å². The van der Waals surface area contributed by atoms with Gasteiger partial charge in [-0.15, -0.1) is 0 Å². The second kappa shape index (κ2) is 15.9. The van der Waals surface area contributed by atoms with Gasteiger partial charge in [0.15, 0.2) is 6.61 Å². The van der Waals surface area contributed by atoms with Crippen molar-refractivity contribution >= 4 is 39.7 Å². The minimum absolute atomic E-state index is 0.0870. The number of ether oxygens (including phenoxy) is 2. The maximum absolute atomic E-state index is 13.3. The van der Waals surface area contributed by atoms with Gasteiger partial charge >= 0.3 is 6.09 Å². The number of nitrogens with zero attached hydrogens (tertiary/aromatic N) is 1. The zero-order valence-electron chi connectivity index (χ0n) is 26.5. The molecular formula is C31H45N5O9S. The summed E-state index contributed by atoms with van der Waals surface area (Å²) in [4.78, 5) is 62.4. The molecule has 46 heavy (non-hydrogen) atoms. The first-order chi connectivity index (χ1) is 21.6. The number of unbranched alkanes of at least 4 members (excludes halogenated alkanes) is 3. The monoisotopic (exact) mass is 663 g/mol. The van der Waals surface area contributed by atoms with E-state index in [0.29, 0.717) is 45.1 Å². The average molecular weight is 664 g/mol. The van der Waals surface area contributed by atoms with Crippen molar-refractivity contribution in [2.75, 3.05) is 13.2 Å². The smallest absolute Gasteiger partial charge is 0.408 e. The fraction of sp³-hybridized carbons (Fsp3) is 0.581. The Hall–Kier alpha value is -4.14. The van der Waals surface area contributed by atoms with Gasteiger partial charge < -0.3 is 31.2 Å². The number of benzene rings is 1. The molecule has 1 heterocycles. The van der Waals surface area contributed by atoms with Crippen molar-refractivity contribution in [1.29, 1.82) is 0 Å². The van der Waals surface area contributed by atoms with E-state index in [4.69, 9.17) is 20.9 Å². The van der Waals surface area contributed by atoms with Crippen LogP contribution in [0.25, 0.3) is 0 Å². The van der Waals surface area contributed by atoms with Crippen molar-refractivity contribution in [3.05, 3.63) is 36.4 Å². The van der Waals surface area contributed by atoms with Gasteiger partial charge in [-0.05, 0) is 77.3 Å². The SMILES string of the molecule is CC(C)(C)OC(=O)N[C@@H](CCCCC/C=C\[C@@H]1C[C@@H]1C(=O)NS(=O)(=O)c1ccccc1OCC(N)=O)C(=O)N1CCC[C@H]1C(N)=O. The molecule has 2 aliphatic rings. The normalized spacial score (nSPS) is 20.2. The Morgan fingerprint density at radius 1 is 1.09 bits per heavy atom. The molecule has 1 aromatic carbocycles. The molecule has 0 aromatic heterocycles. The van der Waals surface area contributed by atoms with Gasteiger partial charge in [0.25, 0.3) is 15.9 Å². The van der Waals surface area contributed by atoms with E-state index >= 15 is 0 Å². The zero-order valence-corrected chi connectivity index (χ0v) is 27.3. The number of sulfonamides is 1. The number of rotatable bonds is 16. The highest BCUT2D eigenvalue weighted by Gasteiger charge is 2.43. The van der Waals surface area contributed by atoms with Crippen LogP contribution in [0.2, 0.25) is 0 Å². The van der Waals surface area contributed by atoms with Crippen molar-refractivity contribution in [2.24, 2.45) is 23.3 Å². The molecule has 1 aromatic rings. The van der Waals surface area contributed by atoms with Crippen molar-refractivity contribution in [2.45, 2.75) is 94.7 Å². The highest BCUT2D eigenvalue weighted by molar-refractivity contribution is 7.90. The number of nitrogens with two attached hydrogens (primary N) is 2. The van der Waals surface area contributed by atoms with E-state index in [2.05, 4.69) is 10.0 Å². The zero-order chi connectivity index (χ0) is 34.1. The van der Waals surface area contributed by atoms with Crippen LogP contribution >= 0.6 is 0 Å². The molecule has 0 spiro atoms. The van der Waals surface area contributed by atoms with Gasteiger partial charge in [-0.25, -0.2) is 17.9 Å². The van der Waals surface area contributed by atoms with Gasteiger partial charge in [0.1, 0.15) is 28.3 Å². The Labute approximate surface area is 269 Å². The van der Waals surface area contributed by atoms with E-state index in [0.717, 1.165) is 12.8 Å². The first-order valence-electron chi connectivity index (χ1n) is 15.4. The molecule has 2 fully saturated rings. The predicted octanol–water partition coefficient (Wildman–Crippen LogP) is 1.87. The number of hydrogen-bond acceptors (Lipinski definition) is 9. The lowest BCUT2D eigenvalue weighted by molar-refractivity contribution is -0.139. The molecule has 0 radical (unpaired) electrons. The number of amides is 5. The second-order valence-corrected chi connectivity index (χ2v) is 14.2. The summed E-state index contributed by atoms with van der Waals surface area (Å²) in [5.74, 6) is -2.97. The number of allylic oxidation sites excluding steroid dienone is 2. The van der Waals surface area contributed by atoms with Gasteiger partial charge in [-0.1, -0.05) is 37.1 Å². The summed E-state index contributed by atoms with van der Waals surface area (Å²) < 4.78 is 38.2. The van der Waals surface area contributed by atoms with Crippen LogP contribution in [-0.2, 0) is 33.9 Å². The molecule has 3 rings (SSSR count). The lowest BCUT2D eigenvalue weighted by atomic mass is 10.0. The number of carbonyl (C=O) groups excluding carboxylic acids is 5. The van der Waals surface area contributed by atoms with E-state index in [-0.39, 0.29) is 22.5 Å². The van der Waals surface area contributed by atoms with Crippen molar-refractivity contribution < 1.29 is 41.9 Å². The summed E-state index contributed by atoms with van der Waals surface area (Å²) in [6.07, 6.45) is 8.05. The number of hydrogen-bond donors (Lipinski definition) is 4. The first-order valence-corrected chi connectivity index (χ1v) is 16.9. The van der Waals surface area contributed by atoms with Crippen LogP contribution in [0.3, 0.4) is 0 Å². The van der Waals surface area contributed by atoms with Crippen LogP contribution < -0.4 is 26.2 Å². The van der Waals surface area contributed by atoms with Crippen LogP contribution in [0.15, 0.2) is 41.3 Å². The summed E-state index contributed by atoms with van der Waals surface area (Å²) in [7, 11) is -4.23. The molecule has 1 aliphatic heterocycles. The van der Waals surface area contributed by atoms with E-state index < -0.39 is 64.0 Å². The van der Waals surface area contributed by atoms with Gasteiger partial charge in [-0.2, -0.15) is 0 Å². The van der Waals surface area contributed by atoms with Crippen molar-refractivity contribution in [3.8, 4) is 5.75 Å². The Kier molecular flexibility index (Phi) is 12.6. The van der Waals surface area contributed by atoms with Crippen LogP contribution in [0.1, 0.15) is 72.1 Å². The second-order valence-electron chi connectivity index (χ2n) is 12.5. The highest BCUT2D eigenvalue weighted by atomic mass is 32.2.